The molecular weight excluding hydrogens is 524 g/mol. The highest BCUT2D eigenvalue weighted by atomic mass is 16.6. The predicted octanol–water partition coefficient (Wildman–Crippen LogP) is 7.69. The van der Waals surface area contributed by atoms with Gasteiger partial charge in [0.05, 0.1) is 12.1 Å². The Labute approximate surface area is 248 Å². The predicted molar refractivity (Wildman–Crippen MR) is 164 cm³/mol. The summed E-state index contributed by atoms with van der Waals surface area (Å²) >= 11 is 0. The number of nitrogens with zero attached hydrogens (tertiary/aromatic N) is 3. The molecule has 2 saturated carbocycles. The molecule has 0 saturated heterocycles. The lowest BCUT2D eigenvalue weighted by molar-refractivity contribution is 0.0489. The third kappa shape index (κ3) is 6.51. The molecule has 2 heterocycles. The molecule has 218 valence electrons. The molecule has 7 heteroatoms. The Kier molecular flexibility index (Phi) is 7.52. The third-order valence-electron chi connectivity index (χ3n) is 8.00. The van der Waals surface area contributed by atoms with Gasteiger partial charge in [0.2, 0.25) is 0 Å². The van der Waals surface area contributed by atoms with E-state index >= 15 is 0 Å². The number of carbonyl (C=O) groups is 1. The second-order valence-electron chi connectivity index (χ2n) is 12.7. The zero-order chi connectivity index (χ0) is 29.3. The maximum atomic E-state index is 12.6. The molecule has 2 aromatic heterocycles. The first-order valence-corrected chi connectivity index (χ1v) is 15.1. The van der Waals surface area contributed by atoms with Crippen LogP contribution in [0.25, 0.3) is 22.4 Å². The maximum absolute atomic E-state index is 12.6. The summed E-state index contributed by atoms with van der Waals surface area (Å²) in [6.45, 7) is 8.92. The molecule has 7 nitrogen and oxygen atoms in total. The standard InChI is InChI=1S/C35H40N4O3/c1-5-30-31(27-12-14-29(15-13-27)41-22-24-6-8-25(9-7-24)26-10-11-26)32(28-16-20-36-21-17-28)38-39(30)23-35(18-19-35)37-33(40)42-34(2,3)4/h6-9,12-17,20-21,26H,5,10-11,18-19,22-23H2,1-4H3,(H,37,40). The van der Waals surface area contributed by atoms with Gasteiger partial charge in [-0.25, -0.2) is 4.79 Å². The number of rotatable bonds is 10. The molecule has 2 fully saturated rings. The maximum Gasteiger partial charge on any atom is 0.408 e. The highest BCUT2D eigenvalue weighted by Gasteiger charge is 2.46. The fraction of sp³-hybridized carbons (Fsp3) is 0.400. The van der Waals surface area contributed by atoms with Crippen LogP contribution in [0.1, 0.15) is 76.1 Å². The van der Waals surface area contributed by atoms with E-state index in [4.69, 9.17) is 14.6 Å². The van der Waals surface area contributed by atoms with E-state index in [9.17, 15) is 4.79 Å². The van der Waals surface area contributed by atoms with E-state index in [1.54, 1.807) is 12.4 Å². The first kappa shape index (κ1) is 28.0. The molecular formula is C35H40N4O3. The number of benzene rings is 2. The lowest BCUT2D eigenvalue weighted by Gasteiger charge is -2.24. The topological polar surface area (TPSA) is 78.3 Å². The van der Waals surface area contributed by atoms with Gasteiger partial charge in [0.25, 0.3) is 0 Å². The molecule has 6 rings (SSSR count). The second-order valence-corrected chi connectivity index (χ2v) is 12.7. The number of carbonyl (C=O) groups excluding carboxylic acids is 1. The van der Waals surface area contributed by atoms with E-state index in [-0.39, 0.29) is 11.6 Å². The minimum atomic E-state index is -0.543. The number of amides is 1. The molecule has 0 spiro atoms. The van der Waals surface area contributed by atoms with Crippen molar-refractivity contribution in [3.63, 3.8) is 0 Å². The van der Waals surface area contributed by atoms with Crippen LogP contribution in [0.15, 0.2) is 73.1 Å². The fourth-order valence-electron chi connectivity index (χ4n) is 5.47. The van der Waals surface area contributed by atoms with Crippen molar-refractivity contribution in [2.45, 2.75) is 90.0 Å². The molecule has 2 aromatic carbocycles. The molecule has 0 atom stereocenters. The van der Waals surface area contributed by atoms with Crippen molar-refractivity contribution >= 4 is 6.09 Å². The number of alkyl carbamates (subject to hydrolysis) is 1. The molecule has 42 heavy (non-hydrogen) atoms. The third-order valence-corrected chi connectivity index (χ3v) is 8.00. The molecule has 1 amide bonds. The molecule has 2 aliphatic carbocycles. The Balaban J connectivity index is 1.24. The van der Waals surface area contributed by atoms with Gasteiger partial charge in [0.1, 0.15) is 23.7 Å². The molecule has 4 aromatic rings. The highest BCUT2D eigenvalue weighted by Crippen LogP contribution is 2.41. The summed E-state index contributed by atoms with van der Waals surface area (Å²) < 4.78 is 13.8. The SMILES string of the molecule is CCc1c(-c2ccc(OCc3ccc(C4CC4)cc3)cc2)c(-c2ccncc2)nn1CC1(NC(=O)OC(C)(C)C)CC1. The summed E-state index contributed by atoms with van der Waals surface area (Å²) in [7, 11) is 0. The Bertz CT molecular complexity index is 1530. The zero-order valence-corrected chi connectivity index (χ0v) is 25.0. The van der Waals surface area contributed by atoms with Crippen molar-refractivity contribution in [3.05, 3.63) is 89.9 Å². The van der Waals surface area contributed by atoms with Crippen molar-refractivity contribution in [2.75, 3.05) is 0 Å². The van der Waals surface area contributed by atoms with Gasteiger partial charge in [-0.2, -0.15) is 5.10 Å². The van der Waals surface area contributed by atoms with E-state index in [0.29, 0.717) is 13.2 Å². The number of pyridine rings is 1. The van der Waals surface area contributed by atoms with Crippen LogP contribution in [0.3, 0.4) is 0 Å². The van der Waals surface area contributed by atoms with Crippen LogP contribution in [-0.4, -0.2) is 32.0 Å². The van der Waals surface area contributed by atoms with Crippen LogP contribution in [0.4, 0.5) is 4.79 Å². The number of hydrogen-bond donors (Lipinski definition) is 1. The van der Waals surface area contributed by atoms with Crippen LogP contribution in [0.5, 0.6) is 5.75 Å². The smallest absolute Gasteiger partial charge is 0.408 e. The Morgan fingerprint density at radius 1 is 0.976 bits per heavy atom. The largest absolute Gasteiger partial charge is 0.489 e. The van der Waals surface area contributed by atoms with Gasteiger partial charge in [-0.05, 0) is 99.7 Å². The van der Waals surface area contributed by atoms with Crippen LogP contribution in [0.2, 0.25) is 0 Å². The number of ether oxygens (including phenoxy) is 2. The normalized spacial score (nSPS) is 15.7. The van der Waals surface area contributed by atoms with Crippen molar-refractivity contribution < 1.29 is 14.3 Å². The summed E-state index contributed by atoms with van der Waals surface area (Å²) in [6, 6.07) is 21.1. The van der Waals surface area contributed by atoms with Crippen molar-refractivity contribution in [2.24, 2.45) is 0 Å². The van der Waals surface area contributed by atoms with Gasteiger partial charge in [0.15, 0.2) is 0 Å². The Morgan fingerprint density at radius 3 is 2.26 bits per heavy atom. The average Bonchev–Trinajstić information content (AvgIpc) is 3.91. The van der Waals surface area contributed by atoms with Gasteiger partial charge in [-0.3, -0.25) is 9.67 Å². The van der Waals surface area contributed by atoms with Crippen LogP contribution in [-0.2, 0) is 24.3 Å². The summed E-state index contributed by atoms with van der Waals surface area (Å²) in [5.74, 6) is 1.59. The van der Waals surface area contributed by atoms with Crippen LogP contribution < -0.4 is 10.1 Å². The van der Waals surface area contributed by atoms with Gasteiger partial charge < -0.3 is 14.8 Å². The van der Waals surface area contributed by atoms with Gasteiger partial charge >= 0.3 is 6.09 Å². The zero-order valence-electron chi connectivity index (χ0n) is 25.0. The minimum Gasteiger partial charge on any atom is -0.489 e. The molecule has 0 unspecified atom stereocenters. The quantitative estimate of drug-likeness (QED) is 0.214. The molecule has 0 radical (unpaired) electrons. The first-order chi connectivity index (χ1) is 20.2. The van der Waals surface area contributed by atoms with Gasteiger partial charge in [0, 0.05) is 29.2 Å². The van der Waals surface area contributed by atoms with E-state index in [2.05, 4.69) is 58.3 Å². The number of aromatic nitrogens is 3. The highest BCUT2D eigenvalue weighted by molar-refractivity contribution is 5.83. The van der Waals surface area contributed by atoms with Crippen molar-refractivity contribution in [1.29, 1.82) is 0 Å². The van der Waals surface area contributed by atoms with Crippen LogP contribution in [0, 0.1) is 0 Å². The molecule has 0 aliphatic heterocycles. The fourth-order valence-corrected chi connectivity index (χ4v) is 5.47. The number of hydrogen-bond acceptors (Lipinski definition) is 5. The van der Waals surface area contributed by atoms with Gasteiger partial charge in [-0.1, -0.05) is 43.3 Å². The summed E-state index contributed by atoms with van der Waals surface area (Å²) in [6.07, 6.45) is 8.42. The summed E-state index contributed by atoms with van der Waals surface area (Å²) in [4.78, 5) is 16.8. The summed E-state index contributed by atoms with van der Waals surface area (Å²) in [5, 5.41) is 8.25. The van der Waals surface area contributed by atoms with Crippen LogP contribution >= 0.6 is 0 Å². The van der Waals surface area contributed by atoms with Crippen molar-refractivity contribution in [1.82, 2.24) is 20.1 Å². The minimum absolute atomic E-state index is 0.348. The second kappa shape index (κ2) is 11.3. The Morgan fingerprint density at radius 2 is 1.67 bits per heavy atom. The van der Waals surface area contributed by atoms with E-state index < -0.39 is 5.60 Å². The lowest BCUT2D eigenvalue weighted by Crippen LogP contribution is -2.43. The van der Waals surface area contributed by atoms with Crippen molar-refractivity contribution in [3.8, 4) is 28.1 Å². The molecule has 1 N–H and O–H groups in total. The molecule has 0 bridgehead atoms. The Hall–Kier alpha value is -4.13. The van der Waals surface area contributed by atoms with Gasteiger partial charge in [-0.15, -0.1) is 0 Å². The lowest BCUT2D eigenvalue weighted by atomic mass is 9.98. The van der Waals surface area contributed by atoms with E-state index in [1.807, 2.05) is 45.0 Å². The van der Waals surface area contributed by atoms with E-state index in [1.165, 1.54) is 24.0 Å². The van der Waals surface area contributed by atoms with E-state index in [0.717, 1.165) is 59.0 Å². The molecule has 2 aliphatic rings. The first-order valence-electron chi connectivity index (χ1n) is 15.1. The number of nitrogens with one attached hydrogen (secondary N) is 1. The summed E-state index contributed by atoms with van der Waals surface area (Å²) in [5.41, 5.74) is 6.94. The monoisotopic (exact) mass is 564 g/mol. The average molecular weight is 565 g/mol.